The van der Waals surface area contributed by atoms with Crippen molar-refractivity contribution < 1.29 is 0 Å². The van der Waals surface area contributed by atoms with E-state index < -0.39 is 0 Å². The van der Waals surface area contributed by atoms with E-state index in [9.17, 15) is 0 Å². The minimum atomic E-state index is 0.295. The summed E-state index contributed by atoms with van der Waals surface area (Å²) < 4.78 is 0. The highest BCUT2D eigenvalue weighted by Gasteiger charge is 2.10. The summed E-state index contributed by atoms with van der Waals surface area (Å²) in [5.74, 6) is 0.615. The topological polar surface area (TPSA) is 87.6 Å². The number of allylic oxidation sites excluding steroid dienone is 1. The number of nitrogens with zero attached hydrogens (tertiary/aromatic N) is 3. The number of hydrogen-bond donors (Lipinski definition) is 2. The van der Waals surface area contributed by atoms with Crippen molar-refractivity contribution in [2.24, 2.45) is 5.73 Å². The molecule has 0 spiro atoms. The lowest BCUT2D eigenvalue weighted by Crippen LogP contribution is -2.02. The van der Waals surface area contributed by atoms with Gasteiger partial charge in [0.15, 0.2) is 0 Å². The first-order chi connectivity index (χ1) is 7.28. The van der Waals surface area contributed by atoms with Crippen LogP contribution < -0.4 is 11.1 Å². The van der Waals surface area contributed by atoms with Crippen LogP contribution in [0.1, 0.15) is 11.3 Å². The number of hydrogen-bond acceptors (Lipinski definition) is 5. The molecule has 0 fully saturated rings. The number of nitrogens with one attached hydrogen (secondary N) is 1. The summed E-state index contributed by atoms with van der Waals surface area (Å²) in [6.07, 6.45) is 4.17. The summed E-state index contributed by atoms with van der Waals surface area (Å²) in [5.41, 5.74) is 6.77. The Kier molecular flexibility index (Phi) is 3.41. The molecule has 15 heavy (non-hydrogen) atoms. The van der Waals surface area contributed by atoms with Crippen LogP contribution in [0.25, 0.3) is 11.6 Å². The van der Waals surface area contributed by atoms with E-state index in [1.807, 2.05) is 6.07 Å². The van der Waals surface area contributed by atoms with Crippen molar-refractivity contribution in [3.05, 3.63) is 30.4 Å². The zero-order valence-electron chi connectivity index (χ0n) is 8.36. The molecule has 0 aliphatic carbocycles. The molecule has 0 atom stereocenters. The second-order valence-electron chi connectivity index (χ2n) is 2.63. The van der Waals surface area contributed by atoms with Gasteiger partial charge in [-0.2, -0.15) is 5.26 Å². The van der Waals surface area contributed by atoms with E-state index in [-0.39, 0.29) is 0 Å². The zero-order chi connectivity index (χ0) is 11.3. The van der Waals surface area contributed by atoms with Crippen LogP contribution in [0.4, 0.5) is 5.82 Å². The lowest BCUT2D eigenvalue weighted by atomic mass is 10.1. The van der Waals surface area contributed by atoms with Gasteiger partial charge in [0, 0.05) is 18.8 Å². The van der Waals surface area contributed by atoms with Crippen molar-refractivity contribution in [3.8, 4) is 6.07 Å². The second-order valence-corrected chi connectivity index (χ2v) is 2.63. The largest absolute Gasteiger partial charge is 0.403 e. The first kappa shape index (κ1) is 10.7. The molecule has 3 N–H and O–H groups in total. The molecule has 0 bridgehead atoms. The maximum Gasteiger partial charge on any atom is 0.137 e. The molecule has 5 heteroatoms. The fourth-order valence-electron chi connectivity index (χ4n) is 1.17. The van der Waals surface area contributed by atoms with Gasteiger partial charge in [0.05, 0.1) is 11.3 Å². The van der Waals surface area contributed by atoms with Gasteiger partial charge in [-0.05, 0) is 0 Å². The molecule has 0 aromatic carbocycles. The Morgan fingerprint density at radius 2 is 2.40 bits per heavy atom. The Balaban J connectivity index is 3.43. The molecule has 1 aromatic rings. The van der Waals surface area contributed by atoms with Crippen LogP contribution in [0.2, 0.25) is 0 Å². The number of aromatic nitrogens is 2. The number of nitriles is 1. The number of anilines is 1. The van der Waals surface area contributed by atoms with Gasteiger partial charge in [-0.3, -0.25) is 0 Å². The maximum atomic E-state index is 8.85. The third kappa shape index (κ3) is 1.94. The molecule has 5 nitrogen and oxygen atoms in total. The molecule has 0 aliphatic rings. The fraction of sp³-hybridized carbons (Fsp3) is 0.100. The zero-order valence-corrected chi connectivity index (χ0v) is 8.36. The average molecular weight is 201 g/mol. The Hall–Kier alpha value is -2.35. The van der Waals surface area contributed by atoms with Crippen LogP contribution in [0.3, 0.4) is 0 Å². The smallest absolute Gasteiger partial charge is 0.137 e. The van der Waals surface area contributed by atoms with E-state index in [0.29, 0.717) is 22.6 Å². The molecule has 0 saturated heterocycles. The summed E-state index contributed by atoms with van der Waals surface area (Å²) >= 11 is 0. The number of nitrogens with two attached hydrogens (primary N) is 1. The monoisotopic (exact) mass is 201 g/mol. The molecule has 1 aromatic heterocycles. The predicted molar refractivity (Wildman–Crippen MR) is 59.4 cm³/mol. The molecule has 76 valence electrons. The van der Waals surface area contributed by atoms with Gasteiger partial charge in [-0.25, -0.2) is 9.97 Å². The fourth-order valence-corrected chi connectivity index (χ4v) is 1.17. The lowest BCUT2D eigenvalue weighted by molar-refractivity contribution is 1.13. The van der Waals surface area contributed by atoms with E-state index in [1.54, 1.807) is 13.1 Å². The molecular weight excluding hydrogens is 190 g/mol. The summed E-state index contributed by atoms with van der Waals surface area (Å²) in [4.78, 5) is 8.02. The first-order valence-electron chi connectivity index (χ1n) is 4.26. The summed E-state index contributed by atoms with van der Waals surface area (Å²) in [6, 6.07) is 1.96. The van der Waals surface area contributed by atoms with Gasteiger partial charge in [0.25, 0.3) is 0 Å². The van der Waals surface area contributed by atoms with Crippen LogP contribution in [0.5, 0.6) is 0 Å². The summed E-state index contributed by atoms with van der Waals surface area (Å²) in [5, 5.41) is 11.7. The van der Waals surface area contributed by atoms with Crippen molar-refractivity contribution in [1.82, 2.24) is 9.97 Å². The van der Waals surface area contributed by atoms with Gasteiger partial charge >= 0.3 is 0 Å². The van der Waals surface area contributed by atoms with Crippen molar-refractivity contribution in [1.29, 1.82) is 5.26 Å². The highest BCUT2D eigenvalue weighted by molar-refractivity contribution is 5.82. The predicted octanol–water partition coefficient (Wildman–Crippen LogP) is 0.984. The van der Waals surface area contributed by atoms with Gasteiger partial charge in [-0.15, -0.1) is 0 Å². The molecule has 0 unspecified atom stereocenters. The molecular formula is C10H11N5. The SMILES string of the molecule is C=Cc1c(NC)ncnc1/C(C#N)=C/N. The third-order valence-corrected chi connectivity index (χ3v) is 1.87. The minimum absolute atomic E-state index is 0.295. The van der Waals surface area contributed by atoms with Crippen molar-refractivity contribution in [2.45, 2.75) is 0 Å². The molecule has 1 heterocycles. The van der Waals surface area contributed by atoms with Crippen LogP contribution in [-0.4, -0.2) is 17.0 Å². The van der Waals surface area contributed by atoms with Gasteiger partial charge in [-0.1, -0.05) is 12.7 Å². The van der Waals surface area contributed by atoms with E-state index >= 15 is 0 Å². The average Bonchev–Trinajstić information content (AvgIpc) is 2.30. The minimum Gasteiger partial charge on any atom is -0.403 e. The molecule has 0 amide bonds. The Morgan fingerprint density at radius 3 is 2.87 bits per heavy atom. The maximum absolute atomic E-state index is 8.85. The summed E-state index contributed by atoms with van der Waals surface area (Å²) in [6.45, 7) is 3.65. The molecule has 0 aliphatic heterocycles. The van der Waals surface area contributed by atoms with Crippen molar-refractivity contribution in [3.63, 3.8) is 0 Å². The second kappa shape index (κ2) is 4.77. The van der Waals surface area contributed by atoms with Gasteiger partial charge in [0.2, 0.25) is 0 Å². The molecule has 1 rings (SSSR count). The highest BCUT2D eigenvalue weighted by atomic mass is 15.0. The van der Waals surface area contributed by atoms with Crippen LogP contribution in [0.15, 0.2) is 19.1 Å². The van der Waals surface area contributed by atoms with E-state index in [1.165, 1.54) is 12.5 Å². The van der Waals surface area contributed by atoms with E-state index in [4.69, 9.17) is 11.0 Å². The van der Waals surface area contributed by atoms with E-state index in [2.05, 4.69) is 21.9 Å². The standard InChI is InChI=1S/C10H11N5/c1-3-8-9(7(4-11)5-12)14-6-15-10(8)13-2/h3-4,6H,1,11H2,2H3,(H,13,14,15)/b7-4+. The Labute approximate surface area is 88.0 Å². The first-order valence-corrected chi connectivity index (χ1v) is 4.26. The molecule has 0 saturated carbocycles. The lowest BCUT2D eigenvalue weighted by Gasteiger charge is -2.07. The normalized spacial score (nSPS) is 10.5. The third-order valence-electron chi connectivity index (χ3n) is 1.87. The number of rotatable bonds is 3. The van der Waals surface area contributed by atoms with Crippen molar-refractivity contribution >= 4 is 17.5 Å². The summed E-state index contributed by atoms with van der Waals surface area (Å²) in [7, 11) is 1.73. The Morgan fingerprint density at radius 1 is 1.67 bits per heavy atom. The van der Waals surface area contributed by atoms with Crippen LogP contribution in [-0.2, 0) is 0 Å². The van der Waals surface area contributed by atoms with Crippen molar-refractivity contribution in [2.75, 3.05) is 12.4 Å². The van der Waals surface area contributed by atoms with Gasteiger partial charge in [0.1, 0.15) is 18.2 Å². The van der Waals surface area contributed by atoms with E-state index in [0.717, 1.165) is 0 Å². The molecule has 0 radical (unpaired) electrons. The Bertz CT molecular complexity index is 442. The van der Waals surface area contributed by atoms with Crippen LogP contribution in [0, 0.1) is 11.3 Å². The van der Waals surface area contributed by atoms with Crippen LogP contribution >= 0.6 is 0 Å². The quantitative estimate of drug-likeness (QED) is 0.712. The highest BCUT2D eigenvalue weighted by Crippen LogP contribution is 2.21. The van der Waals surface area contributed by atoms with Gasteiger partial charge < -0.3 is 11.1 Å².